The molecule has 3 atom stereocenters. The van der Waals surface area contributed by atoms with Crippen molar-refractivity contribution in [2.24, 2.45) is 11.8 Å². The molecule has 0 aliphatic heterocycles. The van der Waals surface area contributed by atoms with E-state index in [4.69, 9.17) is 17.3 Å². The number of aryl methyl sites for hydroxylation is 1. The quantitative estimate of drug-likeness (QED) is 0.783. The van der Waals surface area contributed by atoms with Gasteiger partial charge in [0.2, 0.25) is 0 Å². The van der Waals surface area contributed by atoms with Crippen molar-refractivity contribution in [3.05, 3.63) is 22.7 Å². The topological polar surface area (TPSA) is 38.0 Å². The molecule has 1 aromatic rings. The smallest absolute Gasteiger partial charge is 0.0656 e. The van der Waals surface area contributed by atoms with Crippen LogP contribution in [0.3, 0.4) is 0 Å². The Morgan fingerprint density at radius 3 is 2.76 bits per heavy atom. The lowest BCUT2D eigenvalue weighted by molar-refractivity contribution is 0.439. The molecule has 0 saturated heterocycles. The molecule has 17 heavy (non-hydrogen) atoms. The van der Waals surface area contributed by atoms with Gasteiger partial charge in [0, 0.05) is 11.7 Å². The second kappa shape index (κ2) is 4.09. The van der Waals surface area contributed by atoms with Crippen LogP contribution in [0.15, 0.2) is 12.1 Å². The lowest BCUT2D eigenvalue weighted by Crippen LogP contribution is -2.26. The average Bonchev–Trinajstić information content (AvgIpc) is 2.87. The van der Waals surface area contributed by atoms with E-state index in [0.717, 1.165) is 17.5 Å². The van der Waals surface area contributed by atoms with Gasteiger partial charge in [0.15, 0.2) is 0 Å². The molecule has 3 rings (SSSR count). The summed E-state index contributed by atoms with van der Waals surface area (Å²) in [6.07, 6.45) is 5.57. The second-order valence-electron chi connectivity index (χ2n) is 5.61. The van der Waals surface area contributed by atoms with E-state index in [1.165, 1.54) is 31.2 Å². The Labute approximate surface area is 108 Å². The molecule has 2 saturated carbocycles. The van der Waals surface area contributed by atoms with Crippen molar-refractivity contribution in [1.82, 2.24) is 0 Å². The summed E-state index contributed by atoms with van der Waals surface area (Å²) in [4.78, 5) is 0. The lowest BCUT2D eigenvalue weighted by atomic mass is 9.95. The highest BCUT2D eigenvalue weighted by Gasteiger charge is 2.39. The number of nitrogens with one attached hydrogen (secondary N) is 1. The number of halogens is 1. The molecule has 92 valence electrons. The van der Waals surface area contributed by atoms with E-state index in [2.05, 4.69) is 12.2 Å². The minimum absolute atomic E-state index is 0.646. The molecule has 2 bridgehead atoms. The van der Waals surface area contributed by atoms with E-state index < -0.39 is 0 Å². The summed E-state index contributed by atoms with van der Waals surface area (Å²) in [5.74, 6) is 1.83. The molecule has 0 aromatic heterocycles. The van der Waals surface area contributed by atoms with Gasteiger partial charge in [-0.05, 0) is 55.7 Å². The Morgan fingerprint density at radius 2 is 2.12 bits per heavy atom. The first-order valence-corrected chi connectivity index (χ1v) is 6.83. The Morgan fingerprint density at radius 1 is 1.29 bits per heavy atom. The third kappa shape index (κ3) is 1.99. The van der Waals surface area contributed by atoms with E-state index in [0.29, 0.717) is 16.8 Å². The highest BCUT2D eigenvalue weighted by molar-refractivity contribution is 6.33. The maximum atomic E-state index is 6.09. The molecule has 0 amide bonds. The molecule has 3 unspecified atom stereocenters. The number of hydrogen-bond acceptors (Lipinski definition) is 2. The van der Waals surface area contributed by atoms with Crippen LogP contribution >= 0.6 is 11.6 Å². The number of nitrogen functional groups attached to an aromatic ring is 1. The van der Waals surface area contributed by atoms with Crippen LogP contribution < -0.4 is 11.1 Å². The van der Waals surface area contributed by atoms with Gasteiger partial charge in [-0.2, -0.15) is 0 Å². The van der Waals surface area contributed by atoms with Gasteiger partial charge in [-0.15, -0.1) is 0 Å². The highest BCUT2D eigenvalue weighted by atomic mass is 35.5. The van der Waals surface area contributed by atoms with E-state index in [9.17, 15) is 0 Å². The number of benzene rings is 1. The van der Waals surface area contributed by atoms with Crippen molar-refractivity contribution in [3.8, 4) is 0 Å². The van der Waals surface area contributed by atoms with E-state index in [-0.39, 0.29) is 0 Å². The van der Waals surface area contributed by atoms with Crippen LogP contribution in [0.1, 0.15) is 31.2 Å². The number of rotatable bonds is 2. The predicted molar refractivity (Wildman–Crippen MR) is 73.5 cm³/mol. The molecule has 0 heterocycles. The molecule has 0 spiro atoms. The van der Waals surface area contributed by atoms with Crippen molar-refractivity contribution >= 4 is 23.0 Å². The zero-order valence-electron chi connectivity index (χ0n) is 10.2. The minimum atomic E-state index is 0.646. The van der Waals surface area contributed by atoms with Gasteiger partial charge in [0.1, 0.15) is 0 Å². The van der Waals surface area contributed by atoms with Crippen molar-refractivity contribution in [2.45, 2.75) is 38.6 Å². The normalized spacial score (nSPS) is 30.8. The Balaban J connectivity index is 1.79. The second-order valence-corrected chi connectivity index (χ2v) is 6.02. The fourth-order valence-corrected chi connectivity index (χ4v) is 3.64. The maximum Gasteiger partial charge on any atom is 0.0656 e. The van der Waals surface area contributed by atoms with Crippen molar-refractivity contribution in [3.63, 3.8) is 0 Å². The van der Waals surface area contributed by atoms with Crippen molar-refractivity contribution in [2.75, 3.05) is 11.1 Å². The molecular formula is C14H19ClN2. The van der Waals surface area contributed by atoms with Gasteiger partial charge < -0.3 is 11.1 Å². The third-order valence-electron chi connectivity index (χ3n) is 4.42. The summed E-state index contributed by atoms with van der Waals surface area (Å²) in [6.45, 7) is 2.09. The van der Waals surface area contributed by atoms with Gasteiger partial charge in [0.25, 0.3) is 0 Å². The summed E-state index contributed by atoms with van der Waals surface area (Å²) >= 11 is 6.09. The van der Waals surface area contributed by atoms with Gasteiger partial charge in [-0.3, -0.25) is 0 Å². The zero-order chi connectivity index (χ0) is 12.0. The molecule has 2 nitrogen and oxygen atoms in total. The van der Waals surface area contributed by atoms with Crippen molar-refractivity contribution < 1.29 is 0 Å². The van der Waals surface area contributed by atoms with Gasteiger partial charge >= 0.3 is 0 Å². The molecule has 2 aliphatic carbocycles. The fraction of sp³-hybridized carbons (Fsp3) is 0.571. The van der Waals surface area contributed by atoms with Crippen molar-refractivity contribution in [1.29, 1.82) is 0 Å². The van der Waals surface area contributed by atoms with E-state index >= 15 is 0 Å². The number of hydrogen-bond donors (Lipinski definition) is 2. The molecule has 3 N–H and O–H groups in total. The molecule has 2 fully saturated rings. The Kier molecular flexibility index (Phi) is 2.70. The summed E-state index contributed by atoms with van der Waals surface area (Å²) in [5, 5.41) is 4.32. The average molecular weight is 251 g/mol. The number of fused-ring (bicyclic) bond motifs is 2. The van der Waals surface area contributed by atoms with Gasteiger partial charge in [-0.1, -0.05) is 18.0 Å². The van der Waals surface area contributed by atoms with Crippen LogP contribution in [0.25, 0.3) is 0 Å². The highest BCUT2D eigenvalue weighted by Crippen LogP contribution is 2.46. The first-order chi connectivity index (χ1) is 8.13. The summed E-state index contributed by atoms with van der Waals surface area (Å²) in [6, 6.07) is 4.57. The lowest BCUT2D eigenvalue weighted by Gasteiger charge is -2.25. The van der Waals surface area contributed by atoms with E-state index in [1.54, 1.807) is 0 Å². The van der Waals surface area contributed by atoms with Gasteiger partial charge in [0.05, 0.1) is 10.7 Å². The summed E-state index contributed by atoms with van der Waals surface area (Å²) in [5.41, 5.74) is 8.81. The first-order valence-electron chi connectivity index (χ1n) is 6.45. The van der Waals surface area contributed by atoms with Crippen LogP contribution in [0.4, 0.5) is 11.4 Å². The SMILES string of the molecule is Cc1cc(N)c(Cl)cc1NC1CC2CCC1C2. The summed E-state index contributed by atoms with van der Waals surface area (Å²) < 4.78 is 0. The molecular weight excluding hydrogens is 232 g/mol. The zero-order valence-corrected chi connectivity index (χ0v) is 10.9. The largest absolute Gasteiger partial charge is 0.398 e. The maximum absolute atomic E-state index is 6.09. The third-order valence-corrected chi connectivity index (χ3v) is 4.75. The predicted octanol–water partition coefficient (Wildman–Crippen LogP) is 3.83. The fourth-order valence-electron chi connectivity index (χ4n) is 3.48. The Bertz CT molecular complexity index is 444. The standard InChI is InChI=1S/C14H19ClN2/c1-8-4-12(16)11(15)7-13(8)17-14-6-9-2-3-10(14)5-9/h4,7,9-10,14,17H,2-3,5-6,16H2,1H3. The monoisotopic (exact) mass is 250 g/mol. The van der Waals surface area contributed by atoms with Crippen LogP contribution in [0.5, 0.6) is 0 Å². The van der Waals surface area contributed by atoms with Crippen LogP contribution in [0.2, 0.25) is 5.02 Å². The van der Waals surface area contributed by atoms with Crippen LogP contribution in [0, 0.1) is 18.8 Å². The number of nitrogens with two attached hydrogens (primary N) is 1. The first kappa shape index (κ1) is 11.2. The number of anilines is 2. The van der Waals surface area contributed by atoms with Gasteiger partial charge in [-0.25, -0.2) is 0 Å². The molecule has 1 aromatic carbocycles. The molecule has 3 heteroatoms. The minimum Gasteiger partial charge on any atom is -0.398 e. The van der Waals surface area contributed by atoms with E-state index in [1.807, 2.05) is 12.1 Å². The van der Waals surface area contributed by atoms with Crippen LogP contribution in [-0.2, 0) is 0 Å². The molecule has 2 aliphatic rings. The van der Waals surface area contributed by atoms with Crippen LogP contribution in [-0.4, -0.2) is 6.04 Å². The molecule has 0 radical (unpaired) electrons. The summed E-state index contributed by atoms with van der Waals surface area (Å²) in [7, 11) is 0. The Hall–Kier alpha value is -0.890.